The molecule has 43 heavy (non-hydrogen) atoms. The third kappa shape index (κ3) is 7.96. The zero-order chi connectivity index (χ0) is 31.0. The molecule has 224 valence electrons. The van der Waals surface area contributed by atoms with Gasteiger partial charge >= 0.3 is 0 Å². The number of sulfonamides is 1. The van der Waals surface area contributed by atoms with Crippen LogP contribution in [0.15, 0.2) is 108 Å². The van der Waals surface area contributed by atoms with Crippen molar-refractivity contribution in [1.82, 2.24) is 10.2 Å². The van der Waals surface area contributed by atoms with Crippen LogP contribution in [0.1, 0.15) is 23.6 Å². The van der Waals surface area contributed by atoms with Crippen molar-refractivity contribution in [3.05, 3.63) is 130 Å². The van der Waals surface area contributed by atoms with Crippen molar-refractivity contribution >= 4 is 50.7 Å². The molecule has 0 bridgehead atoms. The Morgan fingerprint density at radius 3 is 2.12 bits per heavy atom. The smallest absolute Gasteiger partial charge is 0.264 e. The van der Waals surface area contributed by atoms with Crippen molar-refractivity contribution in [3.8, 4) is 0 Å². The number of hydrogen-bond donors (Lipinski definition) is 1. The molecular formula is C33H33Cl2N3O4S. The monoisotopic (exact) mass is 637 g/mol. The number of nitrogens with one attached hydrogen (secondary N) is 1. The summed E-state index contributed by atoms with van der Waals surface area (Å²) in [6.45, 7) is 3.57. The summed E-state index contributed by atoms with van der Waals surface area (Å²) in [7, 11) is -4.27. The van der Waals surface area contributed by atoms with E-state index >= 15 is 0 Å². The number of amides is 2. The van der Waals surface area contributed by atoms with Crippen LogP contribution < -0.4 is 9.62 Å². The maximum absolute atomic E-state index is 14.4. The molecule has 7 nitrogen and oxygen atoms in total. The van der Waals surface area contributed by atoms with Gasteiger partial charge in [0.1, 0.15) is 12.6 Å². The quantitative estimate of drug-likeness (QED) is 0.198. The molecule has 0 saturated carbocycles. The number of benzene rings is 4. The average Bonchev–Trinajstić information content (AvgIpc) is 3.00. The molecular weight excluding hydrogens is 605 g/mol. The molecule has 0 saturated heterocycles. The molecule has 1 N–H and O–H groups in total. The number of hydrogen-bond acceptors (Lipinski definition) is 4. The zero-order valence-electron chi connectivity index (χ0n) is 23.9. The molecule has 0 fully saturated rings. The molecule has 0 aliphatic rings. The summed E-state index contributed by atoms with van der Waals surface area (Å²) in [5.74, 6) is -0.921. The van der Waals surface area contributed by atoms with Crippen molar-refractivity contribution in [2.24, 2.45) is 0 Å². The van der Waals surface area contributed by atoms with Crippen LogP contribution in [0.2, 0.25) is 10.0 Å². The maximum Gasteiger partial charge on any atom is 0.264 e. The number of halogens is 2. The van der Waals surface area contributed by atoms with Gasteiger partial charge in [0, 0.05) is 19.5 Å². The van der Waals surface area contributed by atoms with E-state index < -0.39 is 28.5 Å². The van der Waals surface area contributed by atoms with Gasteiger partial charge in [0.2, 0.25) is 11.8 Å². The van der Waals surface area contributed by atoms with Crippen LogP contribution in [0.5, 0.6) is 0 Å². The molecule has 0 heterocycles. The molecule has 0 aliphatic heterocycles. The van der Waals surface area contributed by atoms with Crippen LogP contribution in [-0.2, 0) is 32.6 Å². The fraction of sp³-hybridized carbons (Fsp3) is 0.212. The number of rotatable bonds is 12. The Bertz CT molecular complexity index is 1670. The summed E-state index contributed by atoms with van der Waals surface area (Å²) in [5.41, 5.74) is 2.70. The molecule has 0 aliphatic carbocycles. The first-order valence-corrected chi connectivity index (χ1v) is 16.0. The highest BCUT2D eigenvalue weighted by Gasteiger charge is 2.35. The topological polar surface area (TPSA) is 86.8 Å². The Kier molecular flexibility index (Phi) is 10.9. The van der Waals surface area contributed by atoms with Gasteiger partial charge in [0.25, 0.3) is 10.0 Å². The summed E-state index contributed by atoms with van der Waals surface area (Å²) in [5, 5.41) is 2.98. The number of aryl methyl sites for hydroxylation is 1. The van der Waals surface area contributed by atoms with E-state index in [0.717, 1.165) is 21.0 Å². The third-order valence-corrected chi connectivity index (χ3v) is 9.45. The van der Waals surface area contributed by atoms with Gasteiger partial charge in [-0.2, -0.15) is 0 Å². The van der Waals surface area contributed by atoms with Gasteiger partial charge < -0.3 is 10.2 Å². The predicted octanol–water partition coefficient (Wildman–Crippen LogP) is 6.27. The minimum Gasteiger partial charge on any atom is -0.355 e. The van der Waals surface area contributed by atoms with E-state index in [1.807, 2.05) is 61.5 Å². The van der Waals surface area contributed by atoms with Gasteiger partial charge in [0.15, 0.2) is 0 Å². The Balaban J connectivity index is 1.82. The highest BCUT2D eigenvalue weighted by Crippen LogP contribution is 2.35. The highest BCUT2D eigenvalue weighted by atomic mass is 35.5. The molecule has 0 aromatic heterocycles. The fourth-order valence-corrected chi connectivity index (χ4v) is 6.67. The zero-order valence-corrected chi connectivity index (χ0v) is 26.2. The molecule has 10 heteroatoms. The molecule has 4 rings (SSSR count). The van der Waals surface area contributed by atoms with Crippen LogP contribution in [-0.4, -0.2) is 44.3 Å². The summed E-state index contributed by atoms with van der Waals surface area (Å²) < 4.78 is 29.0. The largest absolute Gasteiger partial charge is 0.355 e. The predicted molar refractivity (Wildman–Crippen MR) is 172 cm³/mol. The van der Waals surface area contributed by atoms with Crippen LogP contribution in [0.25, 0.3) is 0 Å². The van der Waals surface area contributed by atoms with E-state index in [2.05, 4.69) is 5.32 Å². The summed E-state index contributed by atoms with van der Waals surface area (Å²) in [4.78, 5) is 29.4. The second-order valence-corrected chi connectivity index (χ2v) is 12.7. The lowest BCUT2D eigenvalue weighted by Gasteiger charge is -2.34. The van der Waals surface area contributed by atoms with Crippen LogP contribution in [0, 0.1) is 6.92 Å². The minimum atomic E-state index is -4.27. The third-order valence-electron chi connectivity index (χ3n) is 6.87. The van der Waals surface area contributed by atoms with Gasteiger partial charge in [-0.3, -0.25) is 13.9 Å². The van der Waals surface area contributed by atoms with Crippen LogP contribution >= 0.6 is 23.2 Å². The summed E-state index contributed by atoms with van der Waals surface area (Å²) in [6, 6.07) is 28.5. The van der Waals surface area contributed by atoms with Crippen molar-refractivity contribution in [2.75, 3.05) is 17.4 Å². The lowest BCUT2D eigenvalue weighted by Crippen LogP contribution is -2.53. The molecule has 4 aromatic carbocycles. The van der Waals surface area contributed by atoms with Crippen molar-refractivity contribution in [2.45, 2.75) is 37.8 Å². The number of carbonyl (C=O) groups excluding carboxylic acids is 2. The minimum absolute atomic E-state index is 0.00808. The van der Waals surface area contributed by atoms with Gasteiger partial charge in [-0.05, 0) is 49.2 Å². The fourth-order valence-electron chi connectivity index (χ4n) is 4.77. The first-order valence-electron chi connectivity index (χ1n) is 13.8. The lowest BCUT2D eigenvalue weighted by molar-refractivity contribution is -0.140. The second kappa shape index (κ2) is 14.6. The first kappa shape index (κ1) is 32.1. The van der Waals surface area contributed by atoms with Crippen molar-refractivity contribution in [1.29, 1.82) is 0 Å². The van der Waals surface area contributed by atoms with Gasteiger partial charge in [-0.25, -0.2) is 8.42 Å². The van der Waals surface area contributed by atoms with E-state index in [-0.39, 0.29) is 39.5 Å². The summed E-state index contributed by atoms with van der Waals surface area (Å²) >= 11 is 12.8. The number of nitrogens with zero attached hydrogens (tertiary/aromatic N) is 2. The van der Waals surface area contributed by atoms with Gasteiger partial charge in [0.05, 0.1) is 20.6 Å². The average molecular weight is 639 g/mol. The molecule has 0 unspecified atom stereocenters. The van der Waals surface area contributed by atoms with E-state index in [1.165, 1.54) is 29.2 Å². The number of anilines is 1. The van der Waals surface area contributed by atoms with E-state index in [1.54, 1.807) is 31.2 Å². The maximum atomic E-state index is 14.4. The molecule has 0 spiro atoms. The lowest BCUT2D eigenvalue weighted by atomic mass is 10.0. The normalized spacial score (nSPS) is 11.9. The van der Waals surface area contributed by atoms with Crippen LogP contribution in [0.4, 0.5) is 5.69 Å². The Labute approximate surface area is 263 Å². The van der Waals surface area contributed by atoms with E-state index in [9.17, 15) is 18.0 Å². The Hall–Kier alpha value is -3.85. The van der Waals surface area contributed by atoms with Gasteiger partial charge in [-0.15, -0.1) is 0 Å². The molecule has 2 amide bonds. The molecule has 1 atom stereocenters. The first-order chi connectivity index (χ1) is 20.6. The highest BCUT2D eigenvalue weighted by molar-refractivity contribution is 7.92. The SMILES string of the molecule is CCNC(=O)[C@H](Cc1ccccc1)N(Cc1cccc(C)c1)C(=O)CN(c1cccc(Cl)c1Cl)S(=O)(=O)c1ccccc1. The second-order valence-electron chi connectivity index (χ2n) is 10.0. The molecule has 4 aromatic rings. The Morgan fingerprint density at radius 2 is 1.47 bits per heavy atom. The van der Waals surface area contributed by atoms with Crippen molar-refractivity contribution < 1.29 is 18.0 Å². The molecule has 0 radical (unpaired) electrons. The summed E-state index contributed by atoms with van der Waals surface area (Å²) in [6.07, 6.45) is 0.230. The van der Waals surface area contributed by atoms with Crippen molar-refractivity contribution in [3.63, 3.8) is 0 Å². The number of likely N-dealkylation sites (N-methyl/N-ethyl adjacent to an activating group) is 1. The number of carbonyl (C=O) groups is 2. The Morgan fingerprint density at radius 1 is 0.837 bits per heavy atom. The van der Waals surface area contributed by atoms with E-state index in [4.69, 9.17) is 23.2 Å². The van der Waals surface area contributed by atoms with Gasteiger partial charge in [-0.1, -0.05) is 108 Å². The standard InChI is InChI=1S/C33H33Cl2N3O4S/c1-3-36-33(40)30(21-25-13-6-4-7-14-25)37(22-26-15-10-12-24(2)20-26)31(39)23-38(29-19-11-18-28(34)32(29)35)43(41,42)27-16-8-5-9-17-27/h4-20,30H,3,21-23H2,1-2H3,(H,36,40)/t30-/m0/s1. The van der Waals surface area contributed by atoms with Crippen LogP contribution in [0.3, 0.4) is 0 Å². The van der Waals surface area contributed by atoms with E-state index in [0.29, 0.717) is 6.54 Å².